The van der Waals surface area contributed by atoms with E-state index >= 15 is 0 Å². The molecule has 1 rings (SSSR count). The molecule has 0 aliphatic heterocycles. The Morgan fingerprint density at radius 2 is 2.00 bits per heavy atom. The number of halogens is 3. The molecular weight excluding hydrogens is 273 g/mol. The number of carbonyl (C=O) groups is 1. The van der Waals surface area contributed by atoms with Crippen molar-refractivity contribution in [3.63, 3.8) is 0 Å². The molecule has 7 heteroatoms. The van der Waals surface area contributed by atoms with Crippen LogP contribution in [0.2, 0.25) is 0 Å². The molecule has 1 aromatic carbocycles. The van der Waals surface area contributed by atoms with Crippen LogP contribution < -0.4 is 10.6 Å². The largest absolute Gasteiger partial charge is 0.416 e. The van der Waals surface area contributed by atoms with E-state index in [0.717, 1.165) is 12.1 Å². The molecule has 0 spiro atoms. The van der Waals surface area contributed by atoms with Gasteiger partial charge in [-0.2, -0.15) is 13.2 Å². The van der Waals surface area contributed by atoms with Gasteiger partial charge in [-0.25, -0.2) is 4.79 Å². The van der Waals surface area contributed by atoms with Crippen molar-refractivity contribution in [3.8, 4) is 0 Å². The Bertz CT molecular complexity index is 461. The lowest BCUT2D eigenvalue weighted by Gasteiger charge is -2.15. The average molecular weight is 290 g/mol. The summed E-state index contributed by atoms with van der Waals surface area (Å²) in [5.74, 6) is -0.0242. The molecule has 0 bridgehead atoms. The van der Waals surface area contributed by atoms with Crippen molar-refractivity contribution in [2.24, 2.45) is 5.92 Å². The molecule has 20 heavy (non-hydrogen) atoms. The zero-order chi connectivity index (χ0) is 15.3. The molecule has 0 radical (unpaired) electrons. The molecule has 4 nitrogen and oxygen atoms in total. The Kier molecular flexibility index (Phi) is 5.38. The summed E-state index contributed by atoms with van der Waals surface area (Å²) in [6.45, 7) is 3.61. The van der Waals surface area contributed by atoms with Crippen LogP contribution >= 0.6 is 0 Å². The highest BCUT2D eigenvalue weighted by Gasteiger charge is 2.30. The van der Waals surface area contributed by atoms with Gasteiger partial charge in [0.15, 0.2) is 0 Å². The number of urea groups is 1. The highest BCUT2D eigenvalue weighted by molar-refractivity contribution is 5.89. The number of rotatable bonds is 4. The van der Waals surface area contributed by atoms with Crippen LogP contribution in [0.1, 0.15) is 19.4 Å². The van der Waals surface area contributed by atoms with Gasteiger partial charge in [-0.1, -0.05) is 19.9 Å². The van der Waals surface area contributed by atoms with E-state index in [1.807, 2.05) is 0 Å². The number of benzene rings is 1. The standard InChI is InChI=1S/C13H17F3N2O2/c1-8(2)11(19)7-17-12(20)18-10-5-3-4-9(6-10)13(14,15)16/h3-6,8,11,19H,7H2,1-2H3,(H2,17,18,20). The van der Waals surface area contributed by atoms with Crippen molar-refractivity contribution in [1.29, 1.82) is 0 Å². The number of hydrogen-bond acceptors (Lipinski definition) is 2. The average Bonchev–Trinajstić information content (AvgIpc) is 2.35. The number of hydrogen-bond donors (Lipinski definition) is 3. The zero-order valence-electron chi connectivity index (χ0n) is 11.2. The maximum absolute atomic E-state index is 12.5. The molecule has 0 heterocycles. The molecule has 0 saturated carbocycles. The van der Waals surface area contributed by atoms with Crippen LogP contribution in [-0.2, 0) is 6.18 Å². The quantitative estimate of drug-likeness (QED) is 0.798. The summed E-state index contributed by atoms with van der Waals surface area (Å²) in [7, 11) is 0. The monoisotopic (exact) mass is 290 g/mol. The predicted molar refractivity (Wildman–Crippen MR) is 69.3 cm³/mol. The normalized spacial score (nSPS) is 13.2. The molecule has 1 unspecified atom stereocenters. The summed E-state index contributed by atoms with van der Waals surface area (Å²) in [6.07, 6.45) is -5.16. The second-order valence-corrected chi connectivity index (χ2v) is 4.72. The van der Waals surface area contributed by atoms with Gasteiger partial charge in [-0.15, -0.1) is 0 Å². The number of anilines is 1. The van der Waals surface area contributed by atoms with E-state index in [9.17, 15) is 23.1 Å². The summed E-state index contributed by atoms with van der Waals surface area (Å²) >= 11 is 0. The first-order valence-corrected chi connectivity index (χ1v) is 6.10. The van der Waals surface area contributed by atoms with Gasteiger partial charge in [-0.3, -0.25) is 0 Å². The SMILES string of the molecule is CC(C)C(O)CNC(=O)Nc1cccc(C(F)(F)F)c1. The molecule has 0 aliphatic carbocycles. The third kappa shape index (κ3) is 5.08. The van der Waals surface area contributed by atoms with E-state index < -0.39 is 23.9 Å². The molecule has 1 atom stereocenters. The highest BCUT2D eigenvalue weighted by atomic mass is 19.4. The maximum Gasteiger partial charge on any atom is 0.416 e. The fraction of sp³-hybridized carbons (Fsp3) is 0.462. The third-order valence-corrected chi connectivity index (χ3v) is 2.69. The molecule has 2 amide bonds. The Morgan fingerprint density at radius 1 is 1.35 bits per heavy atom. The van der Waals surface area contributed by atoms with Crippen LogP contribution in [0.15, 0.2) is 24.3 Å². The summed E-state index contributed by atoms with van der Waals surface area (Å²) in [5, 5.41) is 14.2. The molecule has 1 aromatic rings. The van der Waals surface area contributed by atoms with Crippen LogP contribution in [0.25, 0.3) is 0 Å². The van der Waals surface area contributed by atoms with Crippen molar-refractivity contribution in [2.75, 3.05) is 11.9 Å². The van der Waals surface area contributed by atoms with Gasteiger partial charge >= 0.3 is 12.2 Å². The first-order chi connectivity index (χ1) is 9.20. The van der Waals surface area contributed by atoms with Gasteiger partial charge in [0.25, 0.3) is 0 Å². The van der Waals surface area contributed by atoms with Gasteiger partial charge in [0.1, 0.15) is 0 Å². The summed E-state index contributed by atoms with van der Waals surface area (Å²) in [5.41, 5.74) is -0.797. The fourth-order valence-electron chi connectivity index (χ4n) is 1.38. The van der Waals surface area contributed by atoms with Crippen LogP contribution in [0.5, 0.6) is 0 Å². The van der Waals surface area contributed by atoms with Crippen molar-refractivity contribution in [3.05, 3.63) is 29.8 Å². The lowest BCUT2D eigenvalue weighted by molar-refractivity contribution is -0.137. The summed E-state index contributed by atoms with van der Waals surface area (Å²) < 4.78 is 37.5. The molecule has 3 N–H and O–H groups in total. The minimum atomic E-state index is -4.46. The van der Waals surface area contributed by atoms with E-state index in [1.54, 1.807) is 13.8 Å². The number of alkyl halides is 3. The van der Waals surface area contributed by atoms with Crippen molar-refractivity contribution in [1.82, 2.24) is 5.32 Å². The van der Waals surface area contributed by atoms with Gasteiger partial charge in [-0.05, 0) is 24.1 Å². The minimum absolute atomic E-state index is 0.0242. The Hall–Kier alpha value is -1.76. The Labute approximate surface area is 115 Å². The molecular formula is C13H17F3N2O2. The van der Waals surface area contributed by atoms with Crippen molar-refractivity contribution < 1.29 is 23.1 Å². The fourth-order valence-corrected chi connectivity index (χ4v) is 1.38. The van der Waals surface area contributed by atoms with Gasteiger partial charge in [0.05, 0.1) is 11.7 Å². The first-order valence-electron chi connectivity index (χ1n) is 6.10. The molecule has 112 valence electrons. The maximum atomic E-state index is 12.5. The highest BCUT2D eigenvalue weighted by Crippen LogP contribution is 2.30. The lowest BCUT2D eigenvalue weighted by Crippen LogP contribution is -2.37. The number of aliphatic hydroxyl groups excluding tert-OH is 1. The topological polar surface area (TPSA) is 61.4 Å². The molecule has 0 saturated heterocycles. The van der Waals surface area contributed by atoms with Crippen LogP contribution in [-0.4, -0.2) is 23.8 Å². The van der Waals surface area contributed by atoms with E-state index in [4.69, 9.17) is 0 Å². The molecule has 0 fully saturated rings. The molecule has 0 aromatic heterocycles. The summed E-state index contributed by atoms with van der Waals surface area (Å²) in [6, 6.07) is 3.67. The second-order valence-electron chi connectivity index (χ2n) is 4.72. The lowest BCUT2D eigenvalue weighted by atomic mass is 10.1. The Balaban J connectivity index is 2.58. The molecule has 0 aliphatic rings. The minimum Gasteiger partial charge on any atom is -0.391 e. The van der Waals surface area contributed by atoms with Crippen molar-refractivity contribution >= 4 is 11.7 Å². The number of amides is 2. The van der Waals surface area contributed by atoms with E-state index in [-0.39, 0.29) is 18.2 Å². The smallest absolute Gasteiger partial charge is 0.391 e. The van der Waals surface area contributed by atoms with Gasteiger partial charge < -0.3 is 15.7 Å². The van der Waals surface area contributed by atoms with Crippen molar-refractivity contribution in [2.45, 2.75) is 26.1 Å². The number of aliphatic hydroxyl groups is 1. The van der Waals surface area contributed by atoms with Crippen LogP contribution in [0.4, 0.5) is 23.7 Å². The van der Waals surface area contributed by atoms with Crippen LogP contribution in [0, 0.1) is 5.92 Å². The van der Waals surface area contributed by atoms with E-state index in [0.29, 0.717) is 0 Å². The third-order valence-electron chi connectivity index (χ3n) is 2.69. The zero-order valence-corrected chi connectivity index (χ0v) is 11.2. The predicted octanol–water partition coefficient (Wildman–Crippen LogP) is 2.84. The number of carbonyl (C=O) groups excluding carboxylic acids is 1. The summed E-state index contributed by atoms with van der Waals surface area (Å²) in [4.78, 5) is 11.5. The van der Waals surface area contributed by atoms with Crippen LogP contribution in [0.3, 0.4) is 0 Å². The van der Waals surface area contributed by atoms with E-state index in [2.05, 4.69) is 10.6 Å². The van der Waals surface area contributed by atoms with Gasteiger partial charge in [0.2, 0.25) is 0 Å². The Morgan fingerprint density at radius 3 is 2.55 bits per heavy atom. The first kappa shape index (κ1) is 16.3. The second kappa shape index (κ2) is 6.60. The van der Waals surface area contributed by atoms with Gasteiger partial charge in [0, 0.05) is 12.2 Å². The number of nitrogens with one attached hydrogen (secondary N) is 2. The van der Waals surface area contributed by atoms with E-state index in [1.165, 1.54) is 12.1 Å².